The summed E-state index contributed by atoms with van der Waals surface area (Å²) in [4.78, 5) is 37.8. The lowest BCUT2D eigenvalue weighted by Gasteiger charge is -2.28. The van der Waals surface area contributed by atoms with Crippen molar-refractivity contribution in [2.45, 2.75) is 6.61 Å². The zero-order valence-corrected chi connectivity index (χ0v) is 18.0. The highest BCUT2D eigenvalue weighted by molar-refractivity contribution is 7.80. The van der Waals surface area contributed by atoms with Crippen molar-refractivity contribution in [2.24, 2.45) is 0 Å². The number of carbonyl (C=O) groups excluding carboxylic acids is 2. The molecule has 33 heavy (non-hydrogen) atoms. The van der Waals surface area contributed by atoms with Gasteiger partial charge in [0.05, 0.1) is 11.3 Å². The summed E-state index contributed by atoms with van der Waals surface area (Å²) in [5, 5.41) is 11.7. The number of amides is 2. The molecule has 1 aliphatic rings. The first-order chi connectivity index (χ1) is 15.9. The first kappa shape index (κ1) is 21.9. The van der Waals surface area contributed by atoms with Gasteiger partial charge in [-0.1, -0.05) is 42.5 Å². The van der Waals surface area contributed by atoms with Gasteiger partial charge in [0.2, 0.25) is 0 Å². The van der Waals surface area contributed by atoms with Gasteiger partial charge in [-0.3, -0.25) is 19.8 Å². The molecule has 0 aromatic heterocycles. The molecule has 0 radical (unpaired) electrons. The molecule has 3 aromatic rings. The van der Waals surface area contributed by atoms with Crippen molar-refractivity contribution >= 4 is 46.9 Å². The number of thiocarbonyl (C=S) groups is 1. The highest BCUT2D eigenvalue weighted by atomic mass is 32.1. The Hall–Kier alpha value is -4.30. The Balaban J connectivity index is 1.49. The van der Waals surface area contributed by atoms with E-state index in [0.717, 1.165) is 5.56 Å². The predicted octanol–water partition coefficient (Wildman–Crippen LogP) is 3.80. The number of anilines is 1. The second kappa shape index (κ2) is 9.46. The summed E-state index contributed by atoms with van der Waals surface area (Å²) in [6, 6.07) is 22.2. The number of hydrogen-bond acceptors (Lipinski definition) is 5. The van der Waals surface area contributed by atoms with Crippen molar-refractivity contribution in [1.29, 1.82) is 0 Å². The minimum Gasteiger partial charge on any atom is -0.489 e. The molecule has 2 N–H and O–H groups in total. The Labute approximate surface area is 194 Å². The largest absolute Gasteiger partial charge is 0.489 e. The summed E-state index contributed by atoms with van der Waals surface area (Å²) in [5.41, 5.74) is 2.08. The fourth-order valence-corrected chi connectivity index (χ4v) is 3.54. The summed E-state index contributed by atoms with van der Waals surface area (Å²) in [5.74, 6) is -1.50. The third kappa shape index (κ3) is 4.97. The van der Waals surface area contributed by atoms with E-state index in [-0.39, 0.29) is 22.9 Å². The van der Waals surface area contributed by atoms with E-state index in [0.29, 0.717) is 17.0 Å². The monoisotopic (exact) mass is 458 g/mol. The molecule has 0 aliphatic carbocycles. The average molecular weight is 458 g/mol. The predicted molar refractivity (Wildman–Crippen MR) is 127 cm³/mol. The standard InChI is InChI=1S/C25H18N2O5S/c28-22-21(23(29)27(25(33)26-22)19-7-2-1-3-8-19)14-16-9-11-20(12-10-16)32-15-17-5-4-6-18(13-17)24(30)31/h1-14H,15H2,(H,30,31)(H,26,28,33)/b21-14-. The number of aromatic carboxylic acids is 1. The van der Waals surface area contributed by atoms with Crippen molar-refractivity contribution in [3.8, 4) is 5.75 Å². The number of benzene rings is 3. The van der Waals surface area contributed by atoms with Crippen LogP contribution in [0.4, 0.5) is 5.69 Å². The van der Waals surface area contributed by atoms with Crippen molar-refractivity contribution in [1.82, 2.24) is 5.32 Å². The molecule has 7 nitrogen and oxygen atoms in total. The summed E-state index contributed by atoms with van der Waals surface area (Å²) in [6.07, 6.45) is 1.50. The van der Waals surface area contributed by atoms with Crippen molar-refractivity contribution < 1.29 is 24.2 Å². The van der Waals surface area contributed by atoms with E-state index in [9.17, 15) is 14.4 Å². The third-order valence-electron chi connectivity index (χ3n) is 4.89. The molecule has 3 aromatic carbocycles. The van der Waals surface area contributed by atoms with Crippen LogP contribution in [0.15, 0.2) is 84.4 Å². The fourth-order valence-electron chi connectivity index (χ4n) is 3.26. The molecule has 164 valence electrons. The Morgan fingerprint density at radius 3 is 2.42 bits per heavy atom. The number of ether oxygens (including phenoxy) is 1. The number of nitrogens with zero attached hydrogens (tertiary/aromatic N) is 1. The quantitative estimate of drug-likeness (QED) is 0.332. The number of hydrogen-bond donors (Lipinski definition) is 2. The van der Waals surface area contributed by atoms with E-state index in [1.54, 1.807) is 66.7 Å². The molecule has 8 heteroatoms. The van der Waals surface area contributed by atoms with Gasteiger partial charge < -0.3 is 9.84 Å². The van der Waals surface area contributed by atoms with Crippen LogP contribution < -0.4 is 15.0 Å². The number of carboxylic acids is 1. The van der Waals surface area contributed by atoms with Crippen LogP contribution in [0.1, 0.15) is 21.5 Å². The molecule has 2 amide bonds. The van der Waals surface area contributed by atoms with E-state index in [2.05, 4.69) is 5.32 Å². The first-order valence-corrected chi connectivity index (χ1v) is 10.3. The van der Waals surface area contributed by atoms with Gasteiger partial charge in [-0.05, 0) is 65.8 Å². The van der Waals surface area contributed by atoms with E-state index >= 15 is 0 Å². The molecule has 1 heterocycles. The zero-order chi connectivity index (χ0) is 23.4. The molecule has 0 saturated carbocycles. The Kier molecular flexibility index (Phi) is 6.28. The Morgan fingerprint density at radius 2 is 1.73 bits per heavy atom. The van der Waals surface area contributed by atoms with Crippen molar-refractivity contribution in [3.63, 3.8) is 0 Å². The van der Waals surface area contributed by atoms with E-state index in [4.69, 9.17) is 22.1 Å². The minimum atomic E-state index is -0.998. The maximum Gasteiger partial charge on any atom is 0.335 e. The third-order valence-corrected chi connectivity index (χ3v) is 5.17. The molecule has 1 aliphatic heterocycles. The second-order valence-electron chi connectivity index (χ2n) is 7.16. The lowest BCUT2D eigenvalue weighted by molar-refractivity contribution is -0.122. The van der Waals surface area contributed by atoms with Crippen LogP contribution in [0.2, 0.25) is 0 Å². The molecule has 0 spiro atoms. The number of carbonyl (C=O) groups is 3. The molecule has 0 bridgehead atoms. The van der Waals surface area contributed by atoms with Crippen LogP contribution >= 0.6 is 12.2 Å². The van der Waals surface area contributed by atoms with Gasteiger partial charge in [-0.25, -0.2) is 4.79 Å². The van der Waals surface area contributed by atoms with Gasteiger partial charge in [0.15, 0.2) is 5.11 Å². The summed E-state index contributed by atoms with van der Waals surface area (Å²) in [7, 11) is 0. The second-order valence-corrected chi connectivity index (χ2v) is 7.54. The van der Waals surface area contributed by atoms with Crippen molar-refractivity contribution in [3.05, 3.63) is 101 Å². The lowest BCUT2D eigenvalue weighted by Crippen LogP contribution is -2.54. The highest BCUT2D eigenvalue weighted by Crippen LogP contribution is 2.22. The molecule has 1 saturated heterocycles. The minimum absolute atomic E-state index is 0.0315. The van der Waals surface area contributed by atoms with Crippen LogP contribution in [0.3, 0.4) is 0 Å². The molecular weight excluding hydrogens is 440 g/mol. The number of carboxylic acid groups (broad SMARTS) is 1. The van der Waals surface area contributed by atoms with E-state index < -0.39 is 17.8 Å². The highest BCUT2D eigenvalue weighted by Gasteiger charge is 2.34. The van der Waals surface area contributed by atoms with Crippen LogP contribution in [0.5, 0.6) is 5.75 Å². The number of rotatable bonds is 6. The van der Waals surface area contributed by atoms with Crippen LogP contribution in [-0.2, 0) is 16.2 Å². The van der Waals surface area contributed by atoms with Gasteiger partial charge in [0.25, 0.3) is 11.8 Å². The topological polar surface area (TPSA) is 95.9 Å². The lowest BCUT2D eigenvalue weighted by atomic mass is 10.1. The number of para-hydroxylation sites is 1. The fraction of sp³-hybridized carbons (Fsp3) is 0.0400. The van der Waals surface area contributed by atoms with Gasteiger partial charge >= 0.3 is 5.97 Å². The molecule has 0 unspecified atom stereocenters. The van der Waals surface area contributed by atoms with E-state index in [1.165, 1.54) is 17.0 Å². The van der Waals surface area contributed by atoms with Crippen LogP contribution in [0, 0.1) is 0 Å². The molecule has 4 rings (SSSR count). The van der Waals surface area contributed by atoms with Gasteiger partial charge in [-0.2, -0.15) is 0 Å². The Morgan fingerprint density at radius 1 is 1.00 bits per heavy atom. The molecule has 1 fully saturated rings. The maximum absolute atomic E-state index is 13.0. The summed E-state index contributed by atoms with van der Waals surface area (Å²) >= 11 is 5.19. The molecule has 0 atom stereocenters. The summed E-state index contributed by atoms with van der Waals surface area (Å²) in [6.45, 7) is 0.200. The first-order valence-electron chi connectivity index (χ1n) is 9.94. The molecular formula is C25H18N2O5S. The maximum atomic E-state index is 13.0. The SMILES string of the molecule is O=C1NC(=S)N(c2ccccc2)C(=O)/C1=C\c1ccc(OCc2cccc(C(=O)O)c2)cc1. The van der Waals surface area contributed by atoms with Crippen LogP contribution in [0.25, 0.3) is 6.08 Å². The zero-order valence-electron chi connectivity index (χ0n) is 17.2. The van der Waals surface area contributed by atoms with Crippen LogP contribution in [-0.4, -0.2) is 28.0 Å². The van der Waals surface area contributed by atoms with Gasteiger partial charge in [0, 0.05) is 0 Å². The Bertz CT molecular complexity index is 1270. The average Bonchev–Trinajstić information content (AvgIpc) is 2.82. The van der Waals surface area contributed by atoms with E-state index in [1.807, 2.05) is 6.07 Å². The van der Waals surface area contributed by atoms with Gasteiger partial charge in [-0.15, -0.1) is 0 Å². The number of nitrogens with one attached hydrogen (secondary N) is 1. The van der Waals surface area contributed by atoms with Gasteiger partial charge in [0.1, 0.15) is 17.9 Å². The summed E-state index contributed by atoms with van der Waals surface area (Å²) < 4.78 is 5.72. The van der Waals surface area contributed by atoms with Crippen molar-refractivity contribution in [2.75, 3.05) is 4.90 Å². The smallest absolute Gasteiger partial charge is 0.335 e. The normalized spacial score (nSPS) is 14.8.